The van der Waals surface area contributed by atoms with Crippen molar-refractivity contribution in [2.75, 3.05) is 16.8 Å². The summed E-state index contributed by atoms with van der Waals surface area (Å²) >= 11 is 12.1. The highest BCUT2D eigenvalue weighted by atomic mass is 35.5. The average molecular weight is 498 g/mol. The zero-order valence-electron chi connectivity index (χ0n) is 18.2. The van der Waals surface area contributed by atoms with Gasteiger partial charge in [-0.15, -0.1) is 0 Å². The molecule has 2 N–H and O–H groups in total. The topological polar surface area (TPSA) is 90.0 Å². The van der Waals surface area contributed by atoms with Crippen molar-refractivity contribution in [3.63, 3.8) is 0 Å². The van der Waals surface area contributed by atoms with Crippen LogP contribution in [0.15, 0.2) is 66.7 Å². The van der Waals surface area contributed by atoms with Gasteiger partial charge in [-0.3, -0.25) is 14.6 Å². The second-order valence-electron chi connectivity index (χ2n) is 7.89. The Morgan fingerprint density at radius 3 is 2.29 bits per heavy atom. The number of hydrogen-bond acceptors (Lipinski definition) is 3. The Hall–Kier alpha value is -3.55. The number of fused-ring (bicyclic) bond motifs is 1. The molecule has 3 aromatic carbocycles. The quantitative estimate of drug-likeness (QED) is 0.501. The SMILES string of the molecule is CN1C(=O)N(c2ccc(C[C@H](NC(=O)c3c(Cl)cccc3Cl)C(=O)O)cc2)Cc2ccccc21. The zero-order valence-corrected chi connectivity index (χ0v) is 19.7. The van der Waals surface area contributed by atoms with Crippen LogP contribution in [0.4, 0.5) is 16.2 Å². The van der Waals surface area contributed by atoms with Crippen molar-refractivity contribution in [2.45, 2.75) is 19.0 Å². The largest absolute Gasteiger partial charge is 0.480 e. The molecular weight excluding hydrogens is 477 g/mol. The third-order valence-corrected chi connectivity index (χ3v) is 6.31. The van der Waals surface area contributed by atoms with E-state index in [2.05, 4.69) is 5.32 Å². The number of carbonyl (C=O) groups excluding carboxylic acids is 2. The summed E-state index contributed by atoms with van der Waals surface area (Å²) in [5.41, 5.74) is 3.30. The van der Waals surface area contributed by atoms with Crippen LogP contribution in [0.3, 0.4) is 0 Å². The molecule has 1 aliphatic heterocycles. The first-order chi connectivity index (χ1) is 16.3. The number of amides is 3. The molecular formula is C25H21Cl2N3O4. The number of rotatable bonds is 6. The molecule has 0 aliphatic carbocycles. The maximum absolute atomic E-state index is 12.9. The van der Waals surface area contributed by atoms with Crippen molar-refractivity contribution in [2.24, 2.45) is 0 Å². The van der Waals surface area contributed by atoms with Gasteiger partial charge in [0.25, 0.3) is 5.91 Å². The number of benzene rings is 3. The second kappa shape index (κ2) is 9.75. The van der Waals surface area contributed by atoms with E-state index in [0.717, 1.165) is 11.3 Å². The van der Waals surface area contributed by atoms with Crippen LogP contribution in [-0.4, -0.2) is 36.1 Å². The summed E-state index contributed by atoms with van der Waals surface area (Å²) in [6.07, 6.45) is 0.0418. The van der Waals surface area contributed by atoms with Crippen molar-refractivity contribution in [1.82, 2.24) is 5.32 Å². The van der Waals surface area contributed by atoms with Gasteiger partial charge < -0.3 is 10.4 Å². The fourth-order valence-electron chi connectivity index (χ4n) is 3.89. The summed E-state index contributed by atoms with van der Waals surface area (Å²) < 4.78 is 0. The van der Waals surface area contributed by atoms with E-state index < -0.39 is 17.9 Å². The van der Waals surface area contributed by atoms with Crippen molar-refractivity contribution >= 4 is 52.5 Å². The number of carboxylic acids is 1. The number of aliphatic carboxylic acids is 1. The van der Waals surface area contributed by atoms with Crippen LogP contribution < -0.4 is 15.1 Å². The van der Waals surface area contributed by atoms with E-state index in [1.165, 1.54) is 12.1 Å². The summed E-state index contributed by atoms with van der Waals surface area (Å²) in [5.74, 6) is -1.86. The van der Waals surface area contributed by atoms with Crippen LogP contribution in [0, 0.1) is 0 Å². The molecule has 0 saturated heterocycles. The number of carbonyl (C=O) groups is 3. The lowest BCUT2D eigenvalue weighted by molar-refractivity contribution is -0.139. The summed E-state index contributed by atoms with van der Waals surface area (Å²) in [6, 6.07) is 18.0. The van der Waals surface area contributed by atoms with Gasteiger partial charge in [-0.2, -0.15) is 0 Å². The average Bonchev–Trinajstić information content (AvgIpc) is 2.81. The molecule has 0 aromatic heterocycles. The smallest absolute Gasteiger partial charge is 0.329 e. The standard InChI is InChI=1S/C25H21Cl2N3O4/c1-29-21-8-3-2-5-16(21)14-30(25(29)34)17-11-9-15(10-12-17)13-20(24(32)33)28-23(31)22-18(26)6-4-7-19(22)27/h2-12,20H,13-14H2,1H3,(H,28,31)(H,32,33)/t20-/m0/s1. The van der Waals surface area contributed by atoms with Crippen LogP contribution >= 0.6 is 23.2 Å². The Morgan fingerprint density at radius 1 is 1.00 bits per heavy atom. The molecule has 0 spiro atoms. The van der Waals surface area contributed by atoms with Crippen LogP contribution in [-0.2, 0) is 17.8 Å². The lowest BCUT2D eigenvalue weighted by Gasteiger charge is -2.35. The number of halogens is 2. The van der Waals surface area contributed by atoms with Gasteiger partial charge in [0.05, 0.1) is 27.8 Å². The molecule has 7 nitrogen and oxygen atoms in total. The first-order valence-corrected chi connectivity index (χ1v) is 11.2. The van der Waals surface area contributed by atoms with Gasteiger partial charge >= 0.3 is 12.0 Å². The molecule has 9 heteroatoms. The minimum Gasteiger partial charge on any atom is -0.480 e. The lowest BCUT2D eigenvalue weighted by Crippen LogP contribution is -2.45. The van der Waals surface area contributed by atoms with Crippen molar-refractivity contribution in [1.29, 1.82) is 0 Å². The lowest BCUT2D eigenvalue weighted by atomic mass is 10.0. The Morgan fingerprint density at radius 2 is 1.65 bits per heavy atom. The maximum Gasteiger partial charge on any atom is 0.329 e. The van der Waals surface area contributed by atoms with Gasteiger partial charge in [-0.1, -0.05) is 59.6 Å². The molecule has 0 saturated carbocycles. The molecule has 0 bridgehead atoms. The fourth-order valence-corrected chi connectivity index (χ4v) is 4.46. The molecule has 34 heavy (non-hydrogen) atoms. The normalized spacial score (nSPS) is 13.9. The molecule has 1 heterocycles. The predicted molar refractivity (Wildman–Crippen MR) is 132 cm³/mol. The predicted octanol–water partition coefficient (Wildman–Crippen LogP) is 5.00. The number of nitrogens with zero attached hydrogens (tertiary/aromatic N) is 2. The van der Waals surface area contributed by atoms with E-state index in [0.29, 0.717) is 17.8 Å². The van der Waals surface area contributed by atoms with E-state index in [1.54, 1.807) is 47.2 Å². The summed E-state index contributed by atoms with van der Waals surface area (Å²) in [4.78, 5) is 40.6. The van der Waals surface area contributed by atoms with Crippen molar-refractivity contribution in [3.8, 4) is 0 Å². The summed E-state index contributed by atoms with van der Waals surface area (Å²) in [5, 5.41) is 12.4. The van der Waals surface area contributed by atoms with E-state index >= 15 is 0 Å². The number of urea groups is 1. The van der Waals surface area contributed by atoms with Crippen molar-refractivity contribution < 1.29 is 19.5 Å². The Kier molecular flexibility index (Phi) is 6.77. The van der Waals surface area contributed by atoms with Gasteiger partial charge in [0.15, 0.2) is 0 Å². The first-order valence-electron chi connectivity index (χ1n) is 10.5. The van der Waals surface area contributed by atoms with Gasteiger partial charge in [0.2, 0.25) is 0 Å². The highest BCUT2D eigenvalue weighted by Gasteiger charge is 2.29. The monoisotopic (exact) mass is 497 g/mol. The third-order valence-electron chi connectivity index (χ3n) is 5.68. The van der Waals surface area contributed by atoms with Crippen molar-refractivity contribution in [3.05, 3.63) is 93.5 Å². The van der Waals surface area contributed by atoms with Crippen LogP contribution in [0.5, 0.6) is 0 Å². The molecule has 3 amide bonds. The number of para-hydroxylation sites is 1. The molecule has 4 rings (SSSR count). The van der Waals surface area contributed by atoms with Gasteiger partial charge in [-0.25, -0.2) is 9.59 Å². The van der Waals surface area contributed by atoms with Crippen LogP contribution in [0.1, 0.15) is 21.5 Å². The second-order valence-corrected chi connectivity index (χ2v) is 8.70. The highest BCUT2D eigenvalue weighted by Crippen LogP contribution is 2.31. The molecule has 0 fully saturated rings. The summed E-state index contributed by atoms with van der Waals surface area (Å²) in [7, 11) is 1.73. The minimum atomic E-state index is -1.19. The molecule has 0 radical (unpaired) electrons. The molecule has 174 valence electrons. The number of hydrogen-bond donors (Lipinski definition) is 2. The van der Waals surface area contributed by atoms with Crippen LogP contribution in [0.2, 0.25) is 10.0 Å². The highest BCUT2D eigenvalue weighted by molar-refractivity contribution is 6.39. The molecule has 1 aliphatic rings. The third kappa shape index (κ3) is 4.71. The van der Waals surface area contributed by atoms with E-state index in [-0.39, 0.29) is 28.1 Å². The van der Waals surface area contributed by atoms with E-state index in [9.17, 15) is 19.5 Å². The van der Waals surface area contributed by atoms with Gasteiger partial charge in [0.1, 0.15) is 6.04 Å². The van der Waals surface area contributed by atoms with E-state index in [4.69, 9.17) is 23.2 Å². The molecule has 1 atom stereocenters. The van der Waals surface area contributed by atoms with Gasteiger partial charge in [-0.05, 0) is 41.5 Å². The Bertz CT molecular complexity index is 1240. The molecule has 3 aromatic rings. The number of nitrogens with one attached hydrogen (secondary N) is 1. The maximum atomic E-state index is 12.9. The summed E-state index contributed by atoms with van der Waals surface area (Å²) in [6.45, 7) is 0.436. The van der Waals surface area contributed by atoms with Gasteiger partial charge in [0, 0.05) is 19.2 Å². The zero-order chi connectivity index (χ0) is 24.4. The van der Waals surface area contributed by atoms with Crippen LogP contribution in [0.25, 0.3) is 0 Å². The minimum absolute atomic E-state index is 0.0282. The molecule has 0 unspecified atom stereocenters. The Labute approximate surface area is 206 Å². The fraction of sp³-hybridized carbons (Fsp3) is 0.160. The van der Waals surface area contributed by atoms with E-state index in [1.807, 2.05) is 24.3 Å². The first kappa shape index (κ1) is 23.6. The Balaban J connectivity index is 1.49. The number of anilines is 2. The number of carboxylic acid groups (broad SMARTS) is 1.